The van der Waals surface area contributed by atoms with Crippen molar-refractivity contribution in [1.82, 2.24) is 14.8 Å². The van der Waals surface area contributed by atoms with Crippen LogP contribution in [-0.2, 0) is 6.42 Å². The van der Waals surface area contributed by atoms with E-state index in [1.165, 1.54) is 0 Å². The van der Waals surface area contributed by atoms with E-state index >= 15 is 0 Å². The molecule has 0 aliphatic rings. The number of aromatic nitrogens is 3. The van der Waals surface area contributed by atoms with Crippen molar-refractivity contribution in [1.29, 1.82) is 0 Å². The molecule has 0 saturated carbocycles. The van der Waals surface area contributed by atoms with E-state index in [-0.39, 0.29) is 12.1 Å². The molecular weight excluding hydrogens is 328 g/mol. The van der Waals surface area contributed by atoms with Crippen LogP contribution in [0.25, 0.3) is 0 Å². The van der Waals surface area contributed by atoms with Crippen LogP contribution in [0, 0.1) is 0 Å². The lowest BCUT2D eigenvalue weighted by molar-refractivity contribution is 0.493. The molecule has 2 rings (SSSR count). The van der Waals surface area contributed by atoms with Crippen LogP contribution < -0.4 is 5.73 Å². The number of nitrogens with zero attached hydrogens (tertiary/aromatic N) is 3. The summed E-state index contributed by atoms with van der Waals surface area (Å²) < 4.78 is 2.73. The Morgan fingerprint density at radius 2 is 2.16 bits per heavy atom. The highest BCUT2D eigenvalue weighted by molar-refractivity contribution is 9.10. The van der Waals surface area contributed by atoms with Gasteiger partial charge in [-0.05, 0) is 41.4 Å². The normalized spacial score (nSPS) is 12.9. The van der Waals surface area contributed by atoms with Crippen molar-refractivity contribution in [2.24, 2.45) is 5.73 Å². The third-order valence-corrected chi connectivity index (χ3v) is 4.23. The third-order valence-electron chi connectivity index (χ3n) is 2.92. The molecule has 0 aliphatic heterocycles. The molecule has 0 fully saturated rings. The molecule has 1 unspecified atom stereocenters. The standard InChI is InChI=1S/C13H16BrClN4/c1-8(2)19-12(17-7-18-19)6-11(16)9-4-3-5-10(14)13(9)15/h3-5,7-8,11H,6,16H2,1-2H3. The molecule has 2 N–H and O–H groups in total. The maximum atomic E-state index is 6.26. The zero-order chi connectivity index (χ0) is 14.0. The fourth-order valence-corrected chi connectivity index (χ4v) is 2.61. The average molecular weight is 344 g/mol. The summed E-state index contributed by atoms with van der Waals surface area (Å²) in [7, 11) is 0. The molecule has 1 aromatic heterocycles. The van der Waals surface area contributed by atoms with E-state index in [1.54, 1.807) is 6.33 Å². The molecule has 0 bridgehead atoms. The number of nitrogens with two attached hydrogens (primary N) is 1. The zero-order valence-corrected chi connectivity index (χ0v) is 13.2. The molecule has 6 heteroatoms. The van der Waals surface area contributed by atoms with Crippen molar-refractivity contribution in [2.45, 2.75) is 32.4 Å². The van der Waals surface area contributed by atoms with E-state index in [1.807, 2.05) is 22.9 Å². The van der Waals surface area contributed by atoms with Gasteiger partial charge in [-0.3, -0.25) is 0 Å². The molecule has 0 amide bonds. The van der Waals surface area contributed by atoms with Gasteiger partial charge in [0.1, 0.15) is 12.2 Å². The SMILES string of the molecule is CC(C)n1ncnc1CC(N)c1cccc(Br)c1Cl. The number of hydrogen-bond acceptors (Lipinski definition) is 3. The number of hydrogen-bond donors (Lipinski definition) is 1. The van der Waals surface area contributed by atoms with Gasteiger partial charge in [0.2, 0.25) is 0 Å². The Balaban J connectivity index is 2.23. The first kappa shape index (κ1) is 14.5. The summed E-state index contributed by atoms with van der Waals surface area (Å²) in [6, 6.07) is 5.83. The lowest BCUT2D eigenvalue weighted by Crippen LogP contribution is -2.18. The second-order valence-electron chi connectivity index (χ2n) is 4.67. The van der Waals surface area contributed by atoms with Gasteiger partial charge in [0, 0.05) is 23.0 Å². The zero-order valence-electron chi connectivity index (χ0n) is 10.8. The summed E-state index contributed by atoms with van der Waals surface area (Å²) in [5, 5.41) is 4.87. The maximum absolute atomic E-state index is 6.26. The fourth-order valence-electron chi connectivity index (χ4n) is 1.97. The summed E-state index contributed by atoms with van der Waals surface area (Å²) >= 11 is 9.67. The Labute approximate surface area is 126 Å². The Bertz CT molecular complexity index is 568. The van der Waals surface area contributed by atoms with Crippen LogP contribution >= 0.6 is 27.5 Å². The van der Waals surface area contributed by atoms with Crippen molar-refractivity contribution in [2.75, 3.05) is 0 Å². The third kappa shape index (κ3) is 3.16. The van der Waals surface area contributed by atoms with Crippen LogP contribution in [0.1, 0.15) is 37.3 Å². The Hall–Kier alpha value is -0.910. The topological polar surface area (TPSA) is 56.7 Å². The predicted molar refractivity (Wildman–Crippen MR) is 80.2 cm³/mol. The Kier molecular flexibility index (Phi) is 4.60. The van der Waals surface area contributed by atoms with Crippen LogP contribution in [-0.4, -0.2) is 14.8 Å². The monoisotopic (exact) mass is 342 g/mol. The van der Waals surface area contributed by atoms with Crippen molar-refractivity contribution in [3.05, 3.63) is 45.4 Å². The van der Waals surface area contributed by atoms with E-state index in [4.69, 9.17) is 17.3 Å². The second kappa shape index (κ2) is 6.03. The predicted octanol–water partition coefficient (Wildman–Crippen LogP) is 3.52. The van der Waals surface area contributed by atoms with Crippen molar-refractivity contribution < 1.29 is 0 Å². The van der Waals surface area contributed by atoms with Gasteiger partial charge in [0.15, 0.2) is 0 Å². The van der Waals surface area contributed by atoms with Gasteiger partial charge in [-0.15, -0.1) is 0 Å². The van der Waals surface area contributed by atoms with Crippen molar-refractivity contribution >= 4 is 27.5 Å². The number of benzene rings is 1. The van der Waals surface area contributed by atoms with Crippen LogP contribution in [0.2, 0.25) is 5.02 Å². The van der Waals surface area contributed by atoms with Crippen LogP contribution in [0.5, 0.6) is 0 Å². The molecule has 102 valence electrons. The van der Waals surface area contributed by atoms with E-state index in [9.17, 15) is 0 Å². The summed E-state index contributed by atoms with van der Waals surface area (Å²) in [5.41, 5.74) is 7.15. The molecular formula is C13H16BrClN4. The number of halogens is 2. The Morgan fingerprint density at radius 1 is 1.42 bits per heavy atom. The smallest absolute Gasteiger partial charge is 0.138 e. The molecule has 0 saturated heterocycles. The quantitative estimate of drug-likeness (QED) is 0.924. The number of rotatable bonds is 4. The average Bonchev–Trinajstić information content (AvgIpc) is 2.80. The summed E-state index contributed by atoms with van der Waals surface area (Å²) in [6.45, 7) is 4.13. The molecule has 0 radical (unpaired) electrons. The first-order valence-corrected chi connectivity index (χ1v) is 7.25. The molecule has 1 heterocycles. The van der Waals surface area contributed by atoms with Gasteiger partial charge in [-0.25, -0.2) is 9.67 Å². The summed E-state index contributed by atoms with van der Waals surface area (Å²) in [6.07, 6.45) is 2.17. The van der Waals surface area contributed by atoms with Crippen LogP contribution in [0.4, 0.5) is 0 Å². The van der Waals surface area contributed by atoms with E-state index in [2.05, 4.69) is 39.9 Å². The van der Waals surface area contributed by atoms with Gasteiger partial charge in [-0.1, -0.05) is 23.7 Å². The summed E-state index contributed by atoms with van der Waals surface area (Å²) in [5.74, 6) is 0.874. The largest absolute Gasteiger partial charge is 0.324 e. The molecule has 2 aromatic rings. The van der Waals surface area contributed by atoms with Gasteiger partial charge in [-0.2, -0.15) is 5.10 Å². The molecule has 0 spiro atoms. The minimum atomic E-state index is -0.202. The highest BCUT2D eigenvalue weighted by atomic mass is 79.9. The fraction of sp³-hybridized carbons (Fsp3) is 0.385. The first-order chi connectivity index (χ1) is 9.00. The van der Waals surface area contributed by atoms with Gasteiger partial charge >= 0.3 is 0 Å². The lowest BCUT2D eigenvalue weighted by Gasteiger charge is -2.16. The van der Waals surface area contributed by atoms with E-state index in [0.29, 0.717) is 11.4 Å². The molecule has 19 heavy (non-hydrogen) atoms. The molecule has 1 atom stereocenters. The van der Waals surface area contributed by atoms with E-state index < -0.39 is 0 Å². The van der Waals surface area contributed by atoms with Gasteiger partial charge in [0.05, 0.1) is 5.02 Å². The van der Waals surface area contributed by atoms with Crippen LogP contribution in [0.15, 0.2) is 29.0 Å². The highest BCUT2D eigenvalue weighted by Crippen LogP contribution is 2.30. The van der Waals surface area contributed by atoms with Crippen LogP contribution in [0.3, 0.4) is 0 Å². The summed E-state index contributed by atoms with van der Waals surface area (Å²) in [4.78, 5) is 4.27. The lowest BCUT2D eigenvalue weighted by atomic mass is 10.0. The maximum Gasteiger partial charge on any atom is 0.138 e. The van der Waals surface area contributed by atoms with Gasteiger partial charge < -0.3 is 5.73 Å². The second-order valence-corrected chi connectivity index (χ2v) is 5.90. The molecule has 1 aromatic carbocycles. The Morgan fingerprint density at radius 3 is 2.84 bits per heavy atom. The first-order valence-electron chi connectivity index (χ1n) is 6.08. The molecule has 4 nitrogen and oxygen atoms in total. The highest BCUT2D eigenvalue weighted by Gasteiger charge is 2.16. The van der Waals surface area contributed by atoms with Gasteiger partial charge in [0.25, 0.3) is 0 Å². The minimum absolute atomic E-state index is 0.202. The van der Waals surface area contributed by atoms with Crippen molar-refractivity contribution in [3.8, 4) is 0 Å². The van der Waals surface area contributed by atoms with Crippen molar-refractivity contribution in [3.63, 3.8) is 0 Å². The van der Waals surface area contributed by atoms with E-state index in [0.717, 1.165) is 15.9 Å². The molecule has 0 aliphatic carbocycles. The minimum Gasteiger partial charge on any atom is -0.324 e.